The Morgan fingerprint density at radius 2 is 2.21 bits per heavy atom. The summed E-state index contributed by atoms with van der Waals surface area (Å²) in [6.45, 7) is 5.33. The molecule has 19 heavy (non-hydrogen) atoms. The Kier molecular flexibility index (Phi) is 3.48. The van der Waals surface area contributed by atoms with E-state index in [4.69, 9.17) is 16.3 Å². The Labute approximate surface area is 114 Å². The summed E-state index contributed by atoms with van der Waals surface area (Å²) < 4.78 is 6.64. The molecule has 0 saturated heterocycles. The van der Waals surface area contributed by atoms with Crippen molar-refractivity contribution in [3.05, 3.63) is 23.6 Å². The fraction of sp³-hybridized carbons (Fsp3) is 0.364. The summed E-state index contributed by atoms with van der Waals surface area (Å²) in [7, 11) is 0. The molecule has 0 bridgehead atoms. The predicted molar refractivity (Wildman–Crippen MR) is 71.0 cm³/mol. The third-order valence-electron chi connectivity index (χ3n) is 2.05. The zero-order valence-electron chi connectivity index (χ0n) is 10.8. The van der Waals surface area contributed by atoms with Gasteiger partial charge in [-0.2, -0.15) is 4.98 Å². The molecule has 0 atom stereocenters. The van der Waals surface area contributed by atoms with Gasteiger partial charge in [0.25, 0.3) is 0 Å². The smallest absolute Gasteiger partial charge is 0.426 e. The van der Waals surface area contributed by atoms with Gasteiger partial charge in [0.2, 0.25) is 5.28 Å². The molecular weight excluding hydrogens is 270 g/mol. The Balaban J connectivity index is 2.09. The third kappa shape index (κ3) is 3.47. The molecule has 8 heteroatoms. The maximum Gasteiger partial charge on any atom is 0.426 e. The van der Waals surface area contributed by atoms with Crippen molar-refractivity contribution in [3.63, 3.8) is 0 Å². The highest BCUT2D eigenvalue weighted by molar-refractivity contribution is 6.28. The third-order valence-corrected chi connectivity index (χ3v) is 2.21. The Hall–Kier alpha value is -2.02. The number of rotatable bonds is 2. The van der Waals surface area contributed by atoms with Crippen molar-refractivity contribution in [2.45, 2.75) is 26.4 Å². The topological polar surface area (TPSA) is 80.5 Å². The van der Waals surface area contributed by atoms with Crippen LogP contribution in [-0.2, 0) is 4.74 Å². The van der Waals surface area contributed by atoms with E-state index in [9.17, 15) is 4.79 Å². The first-order valence-electron chi connectivity index (χ1n) is 5.61. The first-order chi connectivity index (χ1) is 8.85. The zero-order chi connectivity index (χ0) is 14.0. The number of aromatic nitrogens is 3. The fourth-order valence-electron chi connectivity index (χ4n) is 1.41. The molecule has 1 amide bonds. The van der Waals surface area contributed by atoms with Gasteiger partial charge in [-0.05, 0) is 44.5 Å². The van der Waals surface area contributed by atoms with Crippen LogP contribution in [-0.4, -0.2) is 26.3 Å². The minimum atomic E-state index is -0.605. The van der Waals surface area contributed by atoms with Gasteiger partial charge in [0, 0.05) is 6.20 Å². The maximum absolute atomic E-state index is 11.5. The summed E-state index contributed by atoms with van der Waals surface area (Å²) in [6.07, 6.45) is 1.12. The lowest BCUT2D eigenvalue weighted by atomic mass is 10.2. The van der Waals surface area contributed by atoms with Crippen LogP contribution in [0.15, 0.2) is 18.3 Å². The number of fused-ring (bicyclic) bond motifs is 1. The van der Waals surface area contributed by atoms with Crippen LogP contribution in [0.2, 0.25) is 5.28 Å². The molecule has 0 aliphatic heterocycles. The Morgan fingerprint density at radius 3 is 2.89 bits per heavy atom. The van der Waals surface area contributed by atoms with Crippen LogP contribution >= 0.6 is 11.6 Å². The van der Waals surface area contributed by atoms with Gasteiger partial charge in [-0.3, -0.25) is 5.43 Å². The molecule has 0 aliphatic rings. The Bertz CT molecular complexity index is 605. The molecule has 0 fully saturated rings. The second kappa shape index (κ2) is 4.93. The van der Waals surface area contributed by atoms with E-state index in [1.807, 2.05) is 0 Å². The number of anilines is 1. The van der Waals surface area contributed by atoms with E-state index in [2.05, 4.69) is 20.9 Å². The molecule has 7 nitrogen and oxygen atoms in total. The van der Waals surface area contributed by atoms with E-state index in [0.717, 1.165) is 0 Å². The highest BCUT2D eigenvalue weighted by Crippen LogP contribution is 2.15. The summed E-state index contributed by atoms with van der Waals surface area (Å²) in [5, 5.41) is 4.04. The van der Waals surface area contributed by atoms with Crippen molar-refractivity contribution in [3.8, 4) is 0 Å². The highest BCUT2D eigenvalue weighted by Gasteiger charge is 2.16. The number of halogens is 1. The number of amides is 1. The standard InChI is InChI=1S/C11H14ClN5O2/c1-11(2,3)19-10(18)15-14-8-7-5-4-6-17(7)16-9(12)13-8/h4-6H,1-3H3,(H,15,18)(H,13,14,16). The lowest BCUT2D eigenvalue weighted by Crippen LogP contribution is -2.36. The summed E-state index contributed by atoms with van der Waals surface area (Å²) >= 11 is 5.78. The van der Waals surface area contributed by atoms with Gasteiger partial charge < -0.3 is 4.74 Å². The zero-order valence-corrected chi connectivity index (χ0v) is 11.5. The molecule has 2 rings (SSSR count). The molecule has 2 N–H and O–H groups in total. The van der Waals surface area contributed by atoms with Gasteiger partial charge in [0.15, 0.2) is 5.82 Å². The van der Waals surface area contributed by atoms with Crippen LogP contribution in [0.1, 0.15) is 20.8 Å². The molecule has 0 aliphatic carbocycles. The average Bonchev–Trinajstić information content (AvgIpc) is 2.71. The van der Waals surface area contributed by atoms with E-state index >= 15 is 0 Å². The molecule has 0 spiro atoms. The monoisotopic (exact) mass is 283 g/mol. The van der Waals surface area contributed by atoms with Crippen molar-refractivity contribution in [2.75, 3.05) is 5.43 Å². The second-order valence-electron chi connectivity index (χ2n) is 4.82. The molecule has 0 radical (unpaired) electrons. The molecule has 102 valence electrons. The van der Waals surface area contributed by atoms with Gasteiger partial charge >= 0.3 is 6.09 Å². The maximum atomic E-state index is 11.5. The number of nitrogens with one attached hydrogen (secondary N) is 2. The number of hydrogen-bond donors (Lipinski definition) is 2. The second-order valence-corrected chi connectivity index (χ2v) is 5.16. The lowest BCUT2D eigenvalue weighted by molar-refractivity contribution is 0.0541. The Morgan fingerprint density at radius 1 is 1.47 bits per heavy atom. The number of hydrogen-bond acceptors (Lipinski definition) is 5. The summed E-state index contributed by atoms with van der Waals surface area (Å²) in [5.41, 5.74) is 5.16. The molecule has 0 aromatic carbocycles. The lowest BCUT2D eigenvalue weighted by Gasteiger charge is -2.20. The van der Waals surface area contributed by atoms with Gasteiger partial charge in [-0.25, -0.2) is 14.7 Å². The van der Waals surface area contributed by atoms with Gasteiger partial charge in [-0.1, -0.05) is 0 Å². The normalized spacial score (nSPS) is 11.4. The number of hydrazine groups is 1. The summed E-state index contributed by atoms with van der Waals surface area (Å²) in [6, 6.07) is 3.58. The van der Waals surface area contributed by atoms with Crippen LogP contribution in [0.3, 0.4) is 0 Å². The predicted octanol–water partition coefficient (Wildman–Crippen LogP) is 2.23. The molecular formula is C11H14ClN5O2. The van der Waals surface area contributed by atoms with Crippen molar-refractivity contribution in [1.29, 1.82) is 0 Å². The van der Waals surface area contributed by atoms with Crippen molar-refractivity contribution in [1.82, 2.24) is 20.0 Å². The largest absolute Gasteiger partial charge is 0.443 e. The van der Waals surface area contributed by atoms with Gasteiger partial charge in [0.1, 0.15) is 11.1 Å². The average molecular weight is 284 g/mol. The number of carbonyl (C=O) groups is 1. The first kappa shape index (κ1) is 13.4. The summed E-state index contributed by atoms with van der Waals surface area (Å²) in [4.78, 5) is 15.5. The first-order valence-corrected chi connectivity index (χ1v) is 5.99. The van der Waals surface area contributed by atoms with Crippen LogP contribution in [0, 0.1) is 0 Å². The van der Waals surface area contributed by atoms with Crippen LogP contribution in [0.5, 0.6) is 0 Å². The minimum Gasteiger partial charge on any atom is -0.443 e. The van der Waals surface area contributed by atoms with Crippen molar-refractivity contribution >= 4 is 29.0 Å². The summed E-state index contributed by atoms with van der Waals surface area (Å²) in [5.74, 6) is 0.385. The van der Waals surface area contributed by atoms with E-state index in [-0.39, 0.29) is 5.28 Å². The minimum absolute atomic E-state index is 0.0668. The van der Waals surface area contributed by atoms with E-state index in [0.29, 0.717) is 11.3 Å². The molecule has 0 unspecified atom stereocenters. The fourth-order valence-corrected chi connectivity index (χ4v) is 1.58. The number of carbonyl (C=O) groups excluding carboxylic acids is 1. The number of nitrogens with zero attached hydrogens (tertiary/aromatic N) is 3. The highest BCUT2D eigenvalue weighted by atomic mass is 35.5. The molecule has 0 saturated carbocycles. The molecule has 2 aromatic rings. The van der Waals surface area contributed by atoms with Crippen molar-refractivity contribution in [2.24, 2.45) is 0 Å². The van der Waals surface area contributed by atoms with Gasteiger partial charge in [-0.15, -0.1) is 5.10 Å². The van der Waals surface area contributed by atoms with Crippen LogP contribution in [0.25, 0.3) is 5.52 Å². The molecule has 2 aromatic heterocycles. The van der Waals surface area contributed by atoms with E-state index < -0.39 is 11.7 Å². The van der Waals surface area contributed by atoms with Crippen molar-refractivity contribution < 1.29 is 9.53 Å². The van der Waals surface area contributed by atoms with Crippen LogP contribution in [0.4, 0.5) is 10.6 Å². The molecule has 2 heterocycles. The van der Waals surface area contributed by atoms with Crippen LogP contribution < -0.4 is 10.9 Å². The SMILES string of the molecule is CC(C)(C)OC(=O)NNc1nc(Cl)nn2cccc12. The number of ether oxygens (including phenoxy) is 1. The van der Waals surface area contributed by atoms with Gasteiger partial charge in [0.05, 0.1) is 0 Å². The quantitative estimate of drug-likeness (QED) is 0.826. The van der Waals surface area contributed by atoms with E-state index in [1.165, 1.54) is 0 Å². The van der Waals surface area contributed by atoms with E-state index in [1.54, 1.807) is 43.6 Å².